The smallest absolute Gasteiger partial charge is 0.287 e. The van der Waals surface area contributed by atoms with Crippen LogP contribution in [0.5, 0.6) is 5.75 Å². The third-order valence-corrected chi connectivity index (χ3v) is 6.38. The van der Waals surface area contributed by atoms with Crippen molar-refractivity contribution in [2.45, 2.75) is 51.4 Å². The van der Waals surface area contributed by atoms with Crippen molar-refractivity contribution in [3.8, 4) is 5.75 Å². The summed E-state index contributed by atoms with van der Waals surface area (Å²) in [7, 11) is 0. The summed E-state index contributed by atoms with van der Waals surface area (Å²) in [5, 5.41) is 4.58. The molecule has 0 spiro atoms. The number of hydrogen-bond donors (Lipinski definition) is 1. The van der Waals surface area contributed by atoms with Gasteiger partial charge in [0.1, 0.15) is 11.5 Å². The number of ether oxygens (including phenoxy) is 1. The Morgan fingerprint density at radius 1 is 1.37 bits per heavy atom. The van der Waals surface area contributed by atoms with Gasteiger partial charge in [0.05, 0.1) is 17.7 Å². The van der Waals surface area contributed by atoms with Crippen LogP contribution in [0.3, 0.4) is 0 Å². The zero-order valence-corrected chi connectivity index (χ0v) is 16.7. The van der Waals surface area contributed by atoms with Crippen molar-refractivity contribution < 1.29 is 13.9 Å². The lowest BCUT2D eigenvalue weighted by Crippen LogP contribution is -2.23. The molecule has 0 saturated carbocycles. The van der Waals surface area contributed by atoms with Crippen molar-refractivity contribution in [1.29, 1.82) is 0 Å². The van der Waals surface area contributed by atoms with E-state index >= 15 is 0 Å². The van der Waals surface area contributed by atoms with Gasteiger partial charge in [0.2, 0.25) is 0 Å². The first-order valence-electron chi connectivity index (χ1n) is 9.40. The van der Waals surface area contributed by atoms with E-state index in [4.69, 9.17) is 14.1 Å². The number of nitrogens with one attached hydrogen (secondary N) is 1. The molecule has 0 unspecified atom stereocenters. The van der Waals surface area contributed by atoms with Gasteiger partial charge >= 0.3 is 0 Å². The molecule has 1 amide bonds. The Balaban J connectivity index is 1.53. The van der Waals surface area contributed by atoms with Gasteiger partial charge in [0, 0.05) is 34.9 Å². The Kier molecular flexibility index (Phi) is 5.00. The summed E-state index contributed by atoms with van der Waals surface area (Å²) in [4.78, 5) is 17.6. The van der Waals surface area contributed by atoms with Gasteiger partial charge in [-0.05, 0) is 33.3 Å². The van der Waals surface area contributed by atoms with Crippen LogP contribution in [0.1, 0.15) is 59.3 Å². The average Bonchev–Trinajstić information content (AvgIpc) is 3.20. The highest BCUT2D eigenvalue weighted by Crippen LogP contribution is 2.47. The van der Waals surface area contributed by atoms with Crippen LogP contribution in [0.25, 0.3) is 0 Å². The van der Waals surface area contributed by atoms with Crippen molar-refractivity contribution >= 4 is 22.7 Å². The van der Waals surface area contributed by atoms with Crippen molar-refractivity contribution in [2.75, 3.05) is 6.61 Å². The maximum Gasteiger partial charge on any atom is 0.287 e. The van der Waals surface area contributed by atoms with Crippen LogP contribution >= 0.6 is 11.8 Å². The monoisotopic (exact) mass is 384 g/mol. The first kappa shape index (κ1) is 18.2. The number of rotatable bonds is 5. The minimum absolute atomic E-state index is 0.128. The fraction of sp³-hybridized carbons (Fsp3) is 0.429. The highest BCUT2D eigenvalue weighted by atomic mass is 32.2. The maximum atomic E-state index is 12.8. The van der Waals surface area contributed by atoms with E-state index in [1.165, 1.54) is 0 Å². The first-order chi connectivity index (χ1) is 13.1. The molecule has 1 N–H and O–H groups in total. The molecule has 1 aliphatic carbocycles. The van der Waals surface area contributed by atoms with E-state index in [9.17, 15) is 4.79 Å². The number of nitrogens with zero attached hydrogens (tertiary/aromatic N) is 1. The Morgan fingerprint density at radius 3 is 3.00 bits per heavy atom. The summed E-state index contributed by atoms with van der Waals surface area (Å²) >= 11 is 1.85. The number of aryl methyl sites for hydroxylation is 1. The third-order valence-electron chi connectivity index (χ3n) is 5.14. The van der Waals surface area contributed by atoms with Crippen molar-refractivity contribution in [1.82, 2.24) is 5.32 Å². The molecule has 0 saturated heterocycles. The second kappa shape index (κ2) is 7.43. The van der Waals surface area contributed by atoms with Crippen LogP contribution < -0.4 is 10.1 Å². The van der Waals surface area contributed by atoms with E-state index in [1.54, 1.807) is 0 Å². The van der Waals surface area contributed by atoms with E-state index in [0.29, 0.717) is 24.2 Å². The topological polar surface area (TPSA) is 63.8 Å². The highest BCUT2D eigenvalue weighted by Gasteiger charge is 2.39. The van der Waals surface area contributed by atoms with E-state index in [0.717, 1.165) is 46.1 Å². The van der Waals surface area contributed by atoms with E-state index < -0.39 is 0 Å². The molecule has 142 valence electrons. The Hall–Kier alpha value is -2.21. The number of carbonyl (C=O) groups is 1. The fourth-order valence-electron chi connectivity index (χ4n) is 3.91. The second-order valence-electron chi connectivity index (χ2n) is 6.90. The van der Waals surface area contributed by atoms with Gasteiger partial charge in [0.15, 0.2) is 5.76 Å². The van der Waals surface area contributed by atoms with Gasteiger partial charge in [-0.3, -0.25) is 9.79 Å². The quantitative estimate of drug-likeness (QED) is 0.828. The van der Waals surface area contributed by atoms with Crippen LogP contribution in [0.4, 0.5) is 0 Å². The van der Waals surface area contributed by atoms with Crippen LogP contribution in [0.2, 0.25) is 0 Å². The zero-order chi connectivity index (χ0) is 19.0. The molecule has 2 aliphatic rings. The highest BCUT2D eigenvalue weighted by molar-refractivity contribution is 8.14. The summed E-state index contributed by atoms with van der Waals surface area (Å²) in [5.41, 5.74) is 3.00. The lowest BCUT2D eigenvalue weighted by Gasteiger charge is -2.22. The van der Waals surface area contributed by atoms with Gasteiger partial charge in [-0.25, -0.2) is 0 Å². The molecule has 2 heterocycles. The van der Waals surface area contributed by atoms with Gasteiger partial charge in [-0.15, -0.1) is 11.8 Å². The Bertz CT molecular complexity index is 903. The van der Waals surface area contributed by atoms with Crippen molar-refractivity contribution in [3.05, 3.63) is 52.5 Å². The van der Waals surface area contributed by atoms with Crippen molar-refractivity contribution in [3.63, 3.8) is 0 Å². The molecule has 27 heavy (non-hydrogen) atoms. The van der Waals surface area contributed by atoms with Gasteiger partial charge in [-0.2, -0.15) is 0 Å². The summed E-state index contributed by atoms with van der Waals surface area (Å²) in [6.07, 6.45) is 1.91. The maximum absolute atomic E-state index is 12.8. The lowest BCUT2D eigenvalue weighted by molar-refractivity contribution is 0.0920. The van der Waals surface area contributed by atoms with E-state index in [1.807, 2.05) is 49.9 Å². The normalized spacial score (nSPS) is 20.6. The molecule has 2 aromatic rings. The summed E-state index contributed by atoms with van der Waals surface area (Å²) < 4.78 is 11.6. The standard InChI is InChI=1S/C21H24N2O3S/c1-4-25-15-8-6-5-7-14(15)11-22-21(24)20-12(2)18-16(26-20)9-10-17-19(18)23-13(3)27-17/h5-8,17,19H,4,9-11H2,1-3H3,(H,22,24)/t17-,19+/m1/s1. The predicted octanol–water partition coefficient (Wildman–Crippen LogP) is 4.44. The number of furan rings is 1. The largest absolute Gasteiger partial charge is 0.494 e. The molecule has 1 aliphatic heterocycles. The van der Waals surface area contributed by atoms with Crippen molar-refractivity contribution in [2.24, 2.45) is 4.99 Å². The number of amides is 1. The minimum atomic E-state index is -0.184. The van der Waals surface area contributed by atoms with Crippen LogP contribution in [-0.4, -0.2) is 22.8 Å². The fourth-order valence-corrected chi connectivity index (χ4v) is 5.08. The molecule has 0 fully saturated rings. The molecule has 1 aromatic carbocycles. The minimum Gasteiger partial charge on any atom is -0.494 e. The number of carbonyl (C=O) groups excluding carboxylic acids is 1. The summed E-state index contributed by atoms with van der Waals surface area (Å²) in [6, 6.07) is 7.88. The number of fused-ring (bicyclic) bond motifs is 3. The second-order valence-corrected chi connectivity index (χ2v) is 8.34. The molecule has 6 heteroatoms. The van der Waals surface area contributed by atoms with Gasteiger partial charge in [-0.1, -0.05) is 18.2 Å². The Labute approximate surface area is 163 Å². The van der Waals surface area contributed by atoms with Gasteiger partial charge < -0.3 is 14.5 Å². The number of aliphatic imine (C=N–C) groups is 1. The third kappa shape index (κ3) is 3.38. The Morgan fingerprint density at radius 2 is 2.19 bits per heavy atom. The summed E-state index contributed by atoms with van der Waals surface area (Å²) in [6.45, 7) is 6.97. The van der Waals surface area contributed by atoms with E-state index in [2.05, 4.69) is 12.2 Å². The summed E-state index contributed by atoms with van der Waals surface area (Å²) in [5.74, 6) is 1.95. The van der Waals surface area contributed by atoms with Gasteiger partial charge in [0.25, 0.3) is 5.91 Å². The molecule has 1 aromatic heterocycles. The molecule has 5 nitrogen and oxygen atoms in total. The van der Waals surface area contributed by atoms with Crippen LogP contribution in [-0.2, 0) is 13.0 Å². The molecule has 0 bridgehead atoms. The first-order valence-corrected chi connectivity index (χ1v) is 10.3. The molecular weight excluding hydrogens is 360 g/mol. The molecule has 0 radical (unpaired) electrons. The average molecular weight is 385 g/mol. The molecular formula is C21H24N2O3S. The van der Waals surface area contributed by atoms with Crippen LogP contribution in [0, 0.1) is 6.92 Å². The predicted molar refractivity (Wildman–Crippen MR) is 108 cm³/mol. The number of benzene rings is 1. The number of para-hydroxylation sites is 1. The number of thioether (sulfide) groups is 1. The molecule has 2 atom stereocenters. The lowest BCUT2D eigenvalue weighted by atomic mass is 9.90. The van der Waals surface area contributed by atoms with Crippen LogP contribution in [0.15, 0.2) is 33.7 Å². The van der Waals surface area contributed by atoms with E-state index in [-0.39, 0.29) is 11.9 Å². The SMILES string of the molecule is CCOc1ccccc1CNC(=O)c1oc2c(c1C)[C@H]1N=C(C)S[C@@H]1CC2. The number of hydrogen-bond acceptors (Lipinski definition) is 5. The molecule has 4 rings (SSSR count). The zero-order valence-electron chi connectivity index (χ0n) is 15.9.